The molecule has 0 amide bonds. The number of rotatable bonds is 0. The molecule has 1 heterocycles. The van der Waals surface area contributed by atoms with Crippen molar-refractivity contribution in [2.24, 2.45) is 0 Å². The fraction of sp³-hybridized carbons (Fsp3) is 0.500. The summed E-state index contributed by atoms with van der Waals surface area (Å²) in [6, 6.07) is 0. The standard InChI is InChI=1S/C4H4O2/c1-2-6-4-3-5-1/h1-2H2. The van der Waals surface area contributed by atoms with Gasteiger partial charge in [0.1, 0.15) is 13.2 Å². The van der Waals surface area contributed by atoms with Gasteiger partial charge < -0.3 is 9.47 Å². The summed E-state index contributed by atoms with van der Waals surface area (Å²) in [5, 5.41) is 0. The molecule has 2 heteroatoms. The highest BCUT2D eigenvalue weighted by molar-refractivity contribution is 4.82. The summed E-state index contributed by atoms with van der Waals surface area (Å²) >= 11 is 0. The molecule has 0 aromatic heterocycles. The lowest BCUT2D eigenvalue weighted by molar-refractivity contribution is 0.147. The van der Waals surface area contributed by atoms with E-state index < -0.39 is 0 Å². The minimum atomic E-state index is 0.604. The SMILES string of the molecule is C1#COCCO1. The fourth-order valence-electron chi connectivity index (χ4n) is 0.244. The van der Waals surface area contributed by atoms with E-state index in [4.69, 9.17) is 0 Å². The Morgan fingerprint density at radius 1 is 1.00 bits per heavy atom. The first kappa shape index (κ1) is 3.35. The molecular formula is C4H4O2. The first-order valence-electron chi connectivity index (χ1n) is 1.74. The van der Waals surface area contributed by atoms with Gasteiger partial charge in [0.15, 0.2) is 12.2 Å². The zero-order valence-electron chi connectivity index (χ0n) is 3.23. The van der Waals surface area contributed by atoms with Crippen LogP contribution in [-0.4, -0.2) is 13.2 Å². The average molecular weight is 84.1 g/mol. The lowest BCUT2D eigenvalue weighted by Gasteiger charge is -1.98. The normalized spacial score (nSPS) is 16.0. The van der Waals surface area contributed by atoms with E-state index in [1.807, 2.05) is 0 Å². The molecule has 0 radical (unpaired) electrons. The second kappa shape index (κ2) is 1.56. The lowest BCUT2D eigenvalue weighted by Crippen LogP contribution is -2.01. The Morgan fingerprint density at radius 3 is 1.67 bits per heavy atom. The van der Waals surface area contributed by atoms with Gasteiger partial charge in [0.25, 0.3) is 0 Å². The van der Waals surface area contributed by atoms with Gasteiger partial charge in [-0.05, 0) is 0 Å². The van der Waals surface area contributed by atoms with Crippen LogP contribution >= 0.6 is 0 Å². The van der Waals surface area contributed by atoms with E-state index in [0.29, 0.717) is 13.2 Å². The zero-order chi connectivity index (χ0) is 4.24. The van der Waals surface area contributed by atoms with Gasteiger partial charge in [-0.3, -0.25) is 0 Å². The molecule has 0 aliphatic carbocycles. The molecule has 6 heavy (non-hydrogen) atoms. The van der Waals surface area contributed by atoms with E-state index in [9.17, 15) is 0 Å². The van der Waals surface area contributed by atoms with Gasteiger partial charge in [-0.15, -0.1) is 0 Å². The van der Waals surface area contributed by atoms with Gasteiger partial charge in [-0.2, -0.15) is 0 Å². The Labute approximate surface area is 36.1 Å². The molecule has 0 atom stereocenters. The second-order valence-electron chi connectivity index (χ2n) is 0.901. The average Bonchev–Trinajstić information content (AvgIpc) is 1.72. The van der Waals surface area contributed by atoms with Crippen molar-refractivity contribution >= 4 is 0 Å². The summed E-state index contributed by atoms with van der Waals surface area (Å²) in [5.41, 5.74) is 0. The predicted octanol–water partition coefficient (Wildman–Crippen LogP) is -0.0484. The maximum Gasteiger partial charge on any atom is 0.155 e. The van der Waals surface area contributed by atoms with Crippen LogP contribution in [0.3, 0.4) is 0 Å². The molecule has 0 N–H and O–H groups in total. The van der Waals surface area contributed by atoms with E-state index in [0.717, 1.165) is 0 Å². The lowest BCUT2D eigenvalue weighted by atomic mass is 10.7. The summed E-state index contributed by atoms with van der Waals surface area (Å²) in [7, 11) is 0. The molecule has 0 saturated heterocycles. The molecule has 0 spiro atoms. The second-order valence-corrected chi connectivity index (χ2v) is 0.901. The summed E-state index contributed by atoms with van der Waals surface area (Å²) in [6.07, 6.45) is 4.62. The molecule has 0 saturated carbocycles. The van der Waals surface area contributed by atoms with Gasteiger partial charge in [0.05, 0.1) is 0 Å². The fourth-order valence-corrected chi connectivity index (χ4v) is 0.244. The summed E-state index contributed by atoms with van der Waals surface area (Å²) in [6.45, 7) is 1.21. The molecule has 2 nitrogen and oxygen atoms in total. The van der Waals surface area contributed by atoms with E-state index in [-0.39, 0.29) is 0 Å². The molecule has 0 fully saturated rings. The smallest absolute Gasteiger partial charge is 0.155 e. The Balaban J connectivity index is 2.36. The molecule has 32 valence electrons. The van der Waals surface area contributed by atoms with Gasteiger partial charge in [-0.25, -0.2) is 0 Å². The third-order valence-corrected chi connectivity index (χ3v) is 0.473. The van der Waals surface area contributed by atoms with Crippen LogP contribution in [0.2, 0.25) is 0 Å². The van der Waals surface area contributed by atoms with Crippen molar-refractivity contribution in [1.29, 1.82) is 0 Å². The molecule has 0 aromatic carbocycles. The van der Waals surface area contributed by atoms with Crippen molar-refractivity contribution in [1.82, 2.24) is 0 Å². The van der Waals surface area contributed by atoms with E-state index in [2.05, 4.69) is 21.7 Å². The molecule has 1 rings (SSSR count). The maximum absolute atomic E-state index is 4.58. The first-order chi connectivity index (χ1) is 3.00. The Morgan fingerprint density at radius 2 is 1.50 bits per heavy atom. The van der Waals surface area contributed by atoms with Crippen molar-refractivity contribution in [3.63, 3.8) is 0 Å². The molecular weight excluding hydrogens is 80.0 g/mol. The van der Waals surface area contributed by atoms with Crippen LogP contribution in [0.5, 0.6) is 0 Å². The van der Waals surface area contributed by atoms with Gasteiger partial charge in [0.2, 0.25) is 0 Å². The minimum absolute atomic E-state index is 0.604. The van der Waals surface area contributed by atoms with E-state index in [1.54, 1.807) is 0 Å². The van der Waals surface area contributed by atoms with Crippen LogP contribution in [0, 0.1) is 12.2 Å². The van der Waals surface area contributed by atoms with E-state index >= 15 is 0 Å². The van der Waals surface area contributed by atoms with E-state index in [1.165, 1.54) is 0 Å². The van der Waals surface area contributed by atoms with Crippen molar-refractivity contribution in [3.05, 3.63) is 0 Å². The van der Waals surface area contributed by atoms with Gasteiger partial charge in [-0.1, -0.05) is 0 Å². The van der Waals surface area contributed by atoms with Crippen LogP contribution in [0.4, 0.5) is 0 Å². The van der Waals surface area contributed by atoms with Gasteiger partial charge in [0, 0.05) is 0 Å². The summed E-state index contributed by atoms with van der Waals surface area (Å²) < 4.78 is 9.17. The van der Waals surface area contributed by atoms with Crippen LogP contribution in [0.1, 0.15) is 0 Å². The highest BCUT2D eigenvalue weighted by Crippen LogP contribution is 1.78. The summed E-state index contributed by atoms with van der Waals surface area (Å²) in [5.74, 6) is 0. The monoisotopic (exact) mass is 84.0 g/mol. The van der Waals surface area contributed by atoms with Crippen LogP contribution in [-0.2, 0) is 9.47 Å². The summed E-state index contributed by atoms with van der Waals surface area (Å²) in [4.78, 5) is 0. The molecule has 0 bridgehead atoms. The maximum atomic E-state index is 4.58. The highest BCUT2D eigenvalue weighted by atomic mass is 16.5. The zero-order valence-corrected chi connectivity index (χ0v) is 3.23. The Kier molecular flexibility index (Phi) is 0.872. The van der Waals surface area contributed by atoms with Crippen molar-refractivity contribution in [2.75, 3.05) is 13.2 Å². The molecule has 0 unspecified atom stereocenters. The van der Waals surface area contributed by atoms with Crippen LogP contribution in [0.15, 0.2) is 0 Å². The Hall–Kier alpha value is -0.840. The van der Waals surface area contributed by atoms with Crippen molar-refractivity contribution in [2.45, 2.75) is 0 Å². The quantitative estimate of drug-likeness (QED) is 0.383. The third kappa shape index (κ3) is 0.554. The molecule has 1 aliphatic rings. The highest BCUT2D eigenvalue weighted by Gasteiger charge is 1.85. The number of ether oxygens (including phenoxy) is 2. The van der Waals surface area contributed by atoms with Crippen molar-refractivity contribution < 1.29 is 9.47 Å². The molecule has 0 aromatic rings. The first-order valence-corrected chi connectivity index (χ1v) is 1.74. The van der Waals surface area contributed by atoms with Gasteiger partial charge >= 0.3 is 0 Å². The van der Waals surface area contributed by atoms with Crippen LogP contribution in [0.25, 0.3) is 0 Å². The Bertz CT molecular complexity index is 77.5. The topological polar surface area (TPSA) is 18.5 Å². The van der Waals surface area contributed by atoms with Crippen LogP contribution < -0.4 is 0 Å². The predicted molar refractivity (Wildman–Crippen MR) is 19.7 cm³/mol. The minimum Gasteiger partial charge on any atom is -0.441 e. The van der Waals surface area contributed by atoms with Crippen molar-refractivity contribution in [3.8, 4) is 12.2 Å². The number of hydrogen-bond donors (Lipinski definition) is 0. The largest absolute Gasteiger partial charge is 0.441 e. The third-order valence-electron chi connectivity index (χ3n) is 0.473. The molecule has 1 aliphatic heterocycles. The number of hydrogen-bond acceptors (Lipinski definition) is 2.